The van der Waals surface area contributed by atoms with Gasteiger partial charge in [0.2, 0.25) is 0 Å². The Morgan fingerprint density at radius 1 is 0.769 bits per heavy atom. The van der Waals surface area contributed by atoms with E-state index < -0.39 is 6.10 Å². The van der Waals surface area contributed by atoms with E-state index in [2.05, 4.69) is 19.2 Å². The summed E-state index contributed by atoms with van der Waals surface area (Å²) in [5.74, 6) is 0. The van der Waals surface area contributed by atoms with Gasteiger partial charge in [0.05, 0.1) is 6.10 Å². The predicted octanol–water partition coefficient (Wildman–Crippen LogP) is 6.82. The highest BCUT2D eigenvalue weighted by Gasteiger charge is 2.14. The standard InChI is InChI=1S/C23H41NO.ClH/c1-3-4-5-6-7-8-9-10-11-12-13-17-20-24-21(2)23(25)22-18-15-14-16-19-22;/h14-16,18-19,21,23-25H,3-13,17,20H2,1-2H3;1H/t21-,23+;/m1./s1. The van der Waals surface area contributed by atoms with E-state index in [0.29, 0.717) is 0 Å². The Balaban J connectivity index is 0.00000625. The van der Waals surface area contributed by atoms with Gasteiger partial charge in [-0.25, -0.2) is 0 Å². The van der Waals surface area contributed by atoms with E-state index in [1.807, 2.05) is 30.3 Å². The maximum atomic E-state index is 10.3. The number of hydrogen-bond acceptors (Lipinski definition) is 2. The van der Waals surface area contributed by atoms with E-state index in [0.717, 1.165) is 12.1 Å². The summed E-state index contributed by atoms with van der Waals surface area (Å²) < 4.78 is 0. The first-order valence-electron chi connectivity index (χ1n) is 10.7. The van der Waals surface area contributed by atoms with Crippen molar-refractivity contribution in [2.45, 2.75) is 103 Å². The smallest absolute Gasteiger partial charge is 0.0940 e. The molecule has 0 spiro atoms. The van der Waals surface area contributed by atoms with Gasteiger partial charge in [-0.1, -0.05) is 108 Å². The minimum atomic E-state index is -0.418. The molecule has 0 aliphatic heterocycles. The van der Waals surface area contributed by atoms with Gasteiger partial charge in [0, 0.05) is 6.04 Å². The molecule has 1 aromatic carbocycles. The van der Waals surface area contributed by atoms with Gasteiger partial charge in [0.1, 0.15) is 0 Å². The van der Waals surface area contributed by atoms with Crippen LogP contribution in [0.25, 0.3) is 0 Å². The van der Waals surface area contributed by atoms with Crippen LogP contribution in [0.2, 0.25) is 0 Å². The molecule has 1 rings (SSSR count). The van der Waals surface area contributed by atoms with Gasteiger partial charge in [0.15, 0.2) is 0 Å². The highest BCUT2D eigenvalue weighted by Crippen LogP contribution is 2.16. The first-order chi connectivity index (χ1) is 12.3. The summed E-state index contributed by atoms with van der Waals surface area (Å²) in [4.78, 5) is 0. The lowest BCUT2D eigenvalue weighted by atomic mass is 10.0. The van der Waals surface area contributed by atoms with E-state index in [1.54, 1.807) is 0 Å². The Labute approximate surface area is 168 Å². The molecule has 2 atom stereocenters. The Bertz CT molecular complexity index is 398. The average Bonchev–Trinajstić information content (AvgIpc) is 2.65. The summed E-state index contributed by atoms with van der Waals surface area (Å²) in [6.45, 7) is 5.35. The second-order valence-corrected chi connectivity index (χ2v) is 7.49. The van der Waals surface area contributed by atoms with Crippen LogP contribution >= 0.6 is 12.4 Å². The van der Waals surface area contributed by atoms with Crippen LogP contribution in [0.15, 0.2) is 30.3 Å². The first kappa shape index (κ1) is 25.4. The summed E-state index contributed by atoms with van der Waals surface area (Å²) in [7, 11) is 0. The zero-order valence-corrected chi connectivity index (χ0v) is 17.9. The molecular weight excluding hydrogens is 342 g/mol. The van der Waals surface area contributed by atoms with E-state index in [9.17, 15) is 5.11 Å². The van der Waals surface area contributed by atoms with Gasteiger partial charge in [-0.15, -0.1) is 12.4 Å². The molecule has 2 nitrogen and oxygen atoms in total. The van der Waals surface area contributed by atoms with Crippen molar-refractivity contribution >= 4 is 12.4 Å². The van der Waals surface area contributed by atoms with Crippen molar-refractivity contribution in [1.29, 1.82) is 0 Å². The highest BCUT2D eigenvalue weighted by atomic mass is 35.5. The van der Waals surface area contributed by atoms with Crippen LogP contribution in [0.1, 0.15) is 103 Å². The number of halogens is 1. The zero-order valence-electron chi connectivity index (χ0n) is 17.1. The summed E-state index contributed by atoms with van der Waals surface area (Å²) in [5.41, 5.74) is 0.997. The summed E-state index contributed by atoms with van der Waals surface area (Å²) >= 11 is 0. The molecular formula is C23H42ClNO. The average molecular weight is 384 g/mol. The topological polar surface area (TPSA) is 32.3 Å². The SMILES string of the molecule is CCCCCCCCCCCCCCN[C@H](C)[C@H](O)c1ccccc1.Cl. The van der Waals surface area contributed by atoms with Crippen LogP contribution in [0.4, 0.5) is 0 Å². The lowest BCUT2D eigenvalue weighted by Gasteiger charge is -2.20. The fraction of sp³-hybridized carbons (Fsp3) is 0.739. The van der Waals surface area contributed by atoms with E-state index in [4.69, 9.17) is 0 Å². The lowest BCUT2D eigenvalue weighted by molar-refractivity contribution is 0.136. The summed E-state index contributed by atoms with van der Waals surface area (Å²) in [6.07, 6.45) is 16.2. The molecule has 152 valence electrons. The number of nitrogens with one attached hydrogen (secondary N) is 1. The Hall–Kier alpha value is -0.570. The molecule has 2 N–H and O–H groups in total. The van der Waals surface area contributed by atoms with Gasteiger partial charge in [-0.05, 0) is 25.5 Å². The normalized spacial score (nSPS) is 13.2. The monoisotopic (exact) mass is 383 g/mol. The molecule has 0 amide bonds. The number of hydrogen-bond donors (Lipinski definition) is 2. The molecule has 26 heavy (non-hydrogen) atoms. The Morgan fingerprint density at radius 2 is 1.23 bits per heavy atom. The number of aliphatic hydroxyl groups excluding tert-OH is 1. The van der Waals surface area contributed by atoms with Crippen molar-refractivity contribution in [2.75, 3.05) is 6.54 Å². The van der Waals surface area contributed by atoms with Gasteiger partial charge in [0.25, 0.3) is 0 Å². The molecule has 3 heteroatoms. The fourth-order valence-electron chi connectivity index (χ4n) is 3.35. The van der Waals surface area contributed by atoms with Crippen molar-refractivity contribution in [1.82, 2.24) is 5.32 Å². The molecule has 0 aromatic heterocycles. The molecule has 0 aliphatic rings. The quantitative estimate of drug-likeness (QED) is 0.307. The number of benzene rings is 1. The van der Waals surface area contributed by atoms with Crippen LogP contribution in [-0.4, -0.2) is 17.7 Å². The Morgan fingerprint density at radius 3 is 1.73 bits per heavy atom. The van der Waals surface area contributed by atoms with Gasteiger partial charge < -0.3 is 10.4 Å². The minimum absolute atomic E-state index is 0. The predicted molar refractivity (Wildman–Crippen MR) is 117 cm³/mol. The first-order valence-corrected chi connectivity index (χ1v) is 10.7. The molecule has 1 aromatic rings. The molecule has 0 unspecified atom stereocenters. The number of aliphatic hydroxyl groups is 1. The molecule has 0 saturated carbocycles. The van der Waals surface area contributed by atoms with E-state index in [1.165, 1.54) is 77.0 Å². The van der Waals surface area contributed by atoms with Crippen LogP contribution < -0.4 is 5.32 Å². The summed E-state index contributed by atoms with van der Waals surface area (Å²) in [5, 5.41) is 13.8. The van der Waals surface area contributed by atoms with Gasteiger partial charge in [-0.2, -0.15) is 0 Å². The van der Waals surface area contributed by atoms with Gasteiger partial charge in [-0.3, -0.25) is 0 Å². The van der Waals surface area contributed by atoms with Crippen molar-refractivity contribution < 1.29 is 5.11 Å². The zero-order chi connectivity index (χ0) is 18.2. The van der Waals surface area contributed by atoms with Crippen molar-refractivity contribution in [3.63, 3.8) is 0 Å². The maximum Gasteiger partial charge on any atom is 0.0940 e. The number of unbranched alkanes of at least 4 members (excludes halogenated alkanes) is 11. The summed E-state index contributed by atoms with van der Waals surface area (Å²) in [6, 6.07) is 10.0. The Kier molecular flexibility index (Phi) is 17.4. The van der Waals surface area contributed by atoms with Crippen molar-refractivity contribution in [3.05, 3.63) is 35.9 Å². The third kappa shape index (κ3) is 12.7. The molecule has 0 heterocycles. The van der Waals surface area contributed by atoms with E-state index in [-0.39, 0.29) is 18.4 Å². The van der Waals surface area contributed by atoms with Crippen LogP contribution in [0.5, 0.6) is 0 Å². The second kappa shape index (κ2) is 17.8. The second-order valence-electron chi connectivity index (χ2n) is 7.49. The number of rotatable bonds is 16. The van der Waals surface area contributed by atoms with E-state index >= 15 is 0 Å². The molecule has 0 radical (unpaired) electrons. The van der Waals surface area contributed by atoms with Crippen molar-refractivity contribution in [2.24, 2.45) is 0 Å². The molecule has 0 fully saturated rings. The molecule has 0 aliphatic carbocycles. The fourth-order valence-corrected chi connectivity index (χ4v) is 3.35. The maximum absolute atomic E-state index is 10.3. The largest absolute Gasteiger partial charge is 0.387 e. The molecule has 0 saturated heterocycles. The molecule has 0 bridgehead atoms. The van der Waals surface area contributed by atoms with Gasteiger partial charge >= 0.3 is 0 Å². The third-order valence-corrected chi connectivity index (χ3v) is 5.11. The minimum Gasteiger partial charge on any atom is -0.387 e. The van der Waals surface area contributed by atoms with Crippen molar-refractivity contribution in [3.8, 4) is 0 Å². The lowest BCUT2D eigenvalue weighted by Crippen LogP contribution is -2.32. The van der Waals surface area contributed by atoms with Crippen LogP contribution in [-0.2, 0) is 0 Å². The highest BCUT2D eigenvalue weighted by molar-refractivity contribution is 5.85. The van der Waals surface area contributed by atoms with Crippen LogP contribution in [0, 0.1) is 0 Å². The van der Waals surface area contributed by atoms with Crippen LogP contribution in [0.3, 0.4) is 0 Å². The third-order valence-electron chi connectivity index (χ3n) is 5.11.